The minimum Gasteiger partial charge on any atom is -0.0623 e. The molecule has 1 fully saturated rings. The van der Waals surface area contributed by atoms with Gasteiger partial charge in [0.05, 0.1) is 0 Å². The zero-order valence-electron chi connectivity index (χ0n) is 29.8. The maximum absolute atomic E-state index is 2.57. The molecule has 0 unspecified atom stereocenters. The molecule has 0 N–H and O–H groups in total. The Hall–Kier alpha value is -5.50. The van der Waals surface area contributed by atoms with Crippen LogP contribution in [0.3, 0.4) is 0 Å². The van der Waals surface area contributed by atoms with Crippen LogP contribution < -0.4 is 10.4 Å². The van der Waals surface area contributed by atoms with Crippen molar-refractivity contribution in [3.63, 3.8) is 0 Å². The van der Waals surface area contributed by atoms with Gasteiger partial charge in [-0.15, -0.1) is 0 Å². The first kappa shape index (κ1) is 30.2. The van der Waals surface area contributed by atoms with E-state index in [0.29, 0.717) is 0 Å². The molecule has 0 nitrogen and oxygen atoms in total. The lowest BCUT2D eigenvalue weighted by atomic mass is 9.80. The molecule has 2 heterocycles. The third-order valence-corrected chi connectivity index (χ3v) is 18.4. The average molecular weight is 681 g/mol. The van der Waals surface area contributed by atoms with Gasteiger partial charge < -0.3 is 0 Å². The van der Waals surface area contributed by atoms with E-state index in [2.05, 4.69) is 172 Å². The van der Waals surface area contributed by atoms with Crippen LogP contribution in [0.15, 0.2) is 158 Å². The summed E-state index contributed by atoms with van der Waals surface area (Å²) < 4.78 is 0. The minimum atomic E-state index is -1.69. The van der Waals surface area contributed by atoms with Gasteiger partial charge >= 0.3 is 0 Å². The lowest BCUT2D eigenvalue weighted by Crippen LogP contribution is -2.52. The van der Waals surface area contributed by atoms with Crippen LogP contribution >= 0.6 is 0 Å². The lowest BCUT2D eigenvalue weighted by Gasteiger charge is -2.24. The van der Waals surface area contributed by atoms with Gasteiger partial charge in [0, 0.05) is 5.41 Å². The molecule has 0 radical (unpaired) electrons. The normalized spacial score (nSPS) is 15.9. The number of fused-ring (bicyclic) bond motifs is 10. The van der Waals surface area contributed by atoms with Crippen LogP contribution in [0.1, 0.15) is 37.8 Å². The van der Waals surface area contributed by atoms with Crippen molar-refractivity contribution in [1.82, 2.24) is 0 Å². The zero-order chi connectivity index (χ0) is 34.6. The van der Waals surface area contributed by atoms with E-state index in [1.165, 1.54) is 113 Å². The van der Waals surface area contributed by atoms with Gasteiger partial charge in [-0.3, -0.25) is 0 Å². The smallest absolute Gasteiger partial charge is 0.0623 e. The monoisotopic (exact) mass is 680 g/mol. The number of hydrogen-bond donors (Lipinski definition) is 0. The molecule has 1 saturated heterocycles. The molecule has 1 heteroatoms. The quantitative estimate of drug-likeness (QED) is 0.129. The molecule has 0 saturated carbocycles. The fraction of sp³-hybridized carbons (Fsp3) is 0.137. The van der Waals surface area contributed by atoms with E-state index in [1.807, 2.05) is 0 Å². The Morgan fingerprint density at radius 2 is 1.00 bits per heavy atom. The van der Waals surface area contributed by atoms with E-state index in [4.69, 9.17) is 0 Å². The molecule has 1 aliphatic carbocycles. The highest BCUT2D eigenvalue weighted by molar-refractivity contribution is 7.06. The van der Waals surface area contributed by atoms with Gasteiger partial charge in [0.1, 0.15) is 8.07 Å². The molecule has 0 atom stereocenters. The summed E-state index contributed by atoms with van der Waals surface area (Å²) in [7, 11) is -1.69. The van der Waals surface area contributed by atoms with Crippen molar-refractivity contribution < 1.29 is 0 Å². The molecule has 0 bridgehead atoms. The fourth-order valence-electron chi connectivity index (χ4n) is 10.7. The lowest BCUT2D eigenvalue weighted by molar-refractivity contribution is 0.660. The van der Waals surface area contributed by atoms with Crippen LogP contribution in [-0.2, 0) is 5.41 Å². The minimum absolute atomic E-state index is 0.0661. The highest BCUT2D eigenvalue weighted by Crippen LogP contribution is 2.55. The van der Waals surface area contributed by atoms with Crippen LogP contribution in [0.25, 0.3) is 77.2 Å². The molecule has 1 spiro atoms. The molecule has 0 aromatic heterocycles. The largest absolute Gasteiger partial charge is 0.119 e. The molecular weight excluding hydrogens is 641 g/mol. The van der Waals surface area contributed by atoms with Crippen LogP contribution in [0.2, 0.25) is 12.1 Å². The van der Waals surface area contributed by atoms with E-state index in [0.717, 1.165) is 0 Å². The first-order valence-corrected chi connectivity index (χ1v) is 21.5. The summed E-state index contributed by atoms with van der Waals surface area (Å²) in [4.78, 5) is 0. The van der Waals surface area contributed by atoms with Crippen LogP contribution in [0.5, 0.6) is 0 Å². The van der Waals surface area contributed by atoms with Gasteiger partial charge in [0.25, 0.3) is 0 Å². The fourth-order valence-corrected chi connectivity index (χ4v) is 16.3. The van der Waals surface area contributed by atoms with E-state index in [-0.39, 0.29) is 5.41 Å². The molecule has 8 aromatic carbocycles. The van der Waals surface area contributed by atoms with Gasteiger partial charge in [0.15, 0.2) is 0 Å². The van der Waals surface area contributed by atoms with Crippen molar-refractivity contribution >= 4 is 40.0 Å². The van der Waals surface area contributed by atoms with Crippen molar-refractivity contribution in [3.05, 3.63) is 169 Å². The van der Waals surface area contributed by atoms with E-state index >= 15 is 0 Å². The third-order valence-electron chi connectivity index (χ3n) is 13.0. The van der Waals surface area contributed by atoms with Crippen molar-refractivity contribution in [2.75, 3.05) is 0 Å². The first-order valence-electron chi connectivity index (χ1n) is 19.1. The highest BCUT2D eigenvalue weighted by atomic mass is 28.3. The summed E-state index contributed by atoms with van der Waals surface area (Å²) in [5.41, 5.74) is 16.3. The number of rotatable bonds is 3. The average Bonchev–Trinajstić information content (AvgIpc) is 3.86. The number of hydrogen-bond acceptors (Lipinski definition) is 0. The van der Waals surface area contributed by atoms with Gasteiger partial charge in [-0.05, 0) is 123 Å². The molecule has 11 rings (SSSR count). The summed E-state index contributed by atoms with van der Waals surface area (Å²) in [5.74, 6) is 0. The Labute approximate surface area is 307 Å². The van der Waals surface area contributed by atoms with Crippen molar-refractivity contribution in [2.24, 2.45) is 0 Å². The zero-order valence-corrected chi connectivity index (χ0v) is 30.8. The summed E-state index contributed by atoms with van der Waals surface area (Å²) in [6.45, 7) is 4.78. The molecule has 3 aliphatic rings. The Balaban J connectivity index is 1.25. The van der Waals surface area contributed by atoms with Gasteiger partial charge in [-0.1, -0.05) is 172 Å². The number of benzene rings is 8. The van der Waals surface area contributed by atoms with Gasteiger partial charge in [-0.25, -0.2) is 0 Å². The van der Waals surface area contributed by atoms with Crippen molar-refractivity contribution in [2.45, 2.75) is 44.2 Å². The second-order valence-electron chi connectivity index (χ2n) is 15.9. The van der Waals surface area contributed by atoms with E-state index in [1.54, 1.807) is 10.4 Å². The molecular formula is C51H40Si. The second-order valence-corrected chi connectivity index (χ2v) is 20.2. The summed E-state index contributed by atoms with van der Waals surface area (Å²) in [5, 5.41) is 8.61. The van der Waals surface area contributed by atoms with Crippen LogP contribution in [0, 0.1) is 0 Å². The molecule has 248 valence electrons. The maximum Gasteiger partial charge on any atom is 0.119 e. The topological polar surface area (TPSA) is 0 Å². The Morgan fingerprint density at radius 3 is 1.83 bits per heavy atom. The molecule has 52 heavy (non-hydrogen) atoms. The molecule has 0 amide bonds. The van der Waals surface area contributed by atoms with Gasteiger partial charge in [-0.2, -0.15) is 0 Å². The van der Waals surface area contributed by atoms with Crippen molar-refractivity contribution in [3.8, 4) is 55.6 Å². The Kier molecular flexibility index (Phi) is 6.38. The van der Waals surface area contributed by atoms with E-state index < -0.39 is 8.07 Å². The Morgan fingerprint density at radius 1 is 0.385 bits per heavy atom. The second kappa shape index (κ2) is 11.0. The highest BCUT2D eigenvalue weighted by Gasteiger charge is 2.47. The summed E-state index contributed by atoms with van der Waals surface area (Å²) in [6.07, 6.45) is 2.74. The third kappa shape index (κ3) is 4.03. The van der Waals surface area contributed by atoms with Crippen molar-refractivity contribution in [1.29, 1.82) is 0 Å². The molecule has 2 aliphatic heterocycles. The summed E-state index contributed by atoms with van der Waals surface area (Å²) >= 11 is 0. The Bertz CT molecular complexity index is 2760. The maximum atomic E-state index is 2.57. The van der Waals surface area contributed by atoms with Crippen LogP contribution in [0.4, 0.5) is 0 Å². The first-order chi connectivity index (χ1) is 25.5. The standard InChI is InChI=1S/C51H40Si/c1-51(2)44-22-10-8-20-40(44)50-41(21-14-23-45(50)51)49-38-19-7-6-18-37(38)48(39-27-25-34(31-43(39)49)33-15-4-3-5-16-33)35-26-28-47-42(32-35)36-17-9-11-24-46(36)52(47)29-12-13-30-52/h3-11,14-28,31-32H,12-13,29-30H2,1-2H3. The predicted octanol–water partition coefficient (Wildman–Crippen LogP) is 12.6. The SMILES string of the molecule is CC1(C)c2ccccc2-c2c(-c3c4ccccc4c(-c4ccc5c(c4)-c4ccccc4[Si]54CCCC4)c4ccc(-c5ccccc5)cc34)cccc21. The van der Waals surface area contributed by atoms with E-state index in [9.17, 15) is 0 Å². The summed E-state index contributed by atoms with van der Waals surface area (Å²) in [6, 6.07) is 63.2. The van der Waals surface area contributed by atoms with Crippen LogP contribution in [-0.4, -0.2) is 8.07 Å². The molecule has 8 aromatic rings. The predicted molar refractivity (Wildman–Crippen MR) is 225 cm³/mol. The van der Waals surface area contributed by atoms with Gasteiger partial charge in [0.2, 0.25) is 0 Å².